The molecule has 1 aromatic rings. The number of primary amides is 1. The molecule has 0 unspecified atom stereocenters. The second-order valence-electron chi connectivity index (χ2n) is 7.15. The van der Waals surface area contributed by atoms with E-state index < -0.39 is 15.9 Å². The molecular weight excluding hydrogens is 366 g/mol. The molecule has 150 valence electrons. The Bertz CT molecular complexity index is 741. The molecule has 0 heterocycles. The number of imide groups is 1. The zero-order valence-electron chi connectivity index (χ0n) is 15.8. The van der Waals surface area contributed by atoms with Crippen molar-refractivity contribution in [1.29, 1.82) is 0 Å². The van der Waals surface area contributed by atoms with Gasteiger partial charge in [-0.05, 0) is 36.6 Å². The first-order valence-electron chi connectivity index (χ1n) is 9.41. The van der Waals surface area contributed by atoms with Gasteiger partial charge in [-0.2, -0.15) is 0 Å². The lowest BCUT2D eigenvalue weighted by Crippen LogP contribution is -2.43. The number of benzene rings is 1. The van der Waals surface area contributed by atoms with Crippen molar-refractivity contribution in [2.75, 3.05) is 24.7 Å². The minimum absolute atomic E-state index is 0.173. The van der Waals surface area contributed by atoms with Crippen LogP contribution in [0.4, 0.5) is 10.5 Å². The number of carbonyl (C=O) groups excluding carboxylic acids is 2. The van der Waals surface area contributed by atoms with Crippen LogP contribution < -0.4 is 11.1 Å². The lowest BCUT2D eigenvalue weighted by atomic mass is 9.86. The number of nitrogens with zero attached hydrogens (tertiary/aromatic N) is 1. The van der Waals surface area contributed by atoms with Gasteiger partial charge in [-0.3, -0.25) is 9.69 Å². The van der Waals surface area contributed by atoms with Crippen molar-refractivity contribution in [3.63, 3.8) is 0 Å². The van der Waals surface area contributed by atoms with Gasteiger partial charge < -0.3 is 11.1 Å². The molecule has 1 fully saturated rings. The molecule has 1 aromatic carbocycles. The number of anilines is 1. The molecule has 27 heavy (non-hydrogen) atoms. The summed E-state index contributed by atoms with van der Waals surface area (Å²) in [5.74, 6) is 0.339. The van der Waals surface area contributed by atoms with Crippen LogP contribution in [0, 0.1) is 5.92 Å². The molecule has 0 atom stereocenters. The summed E-state index contributed by atoms with van der Waals surface area (Å²) >= 11 is 0. The van der Waals surface area contributed by atoms with E-state index in [4.69, 9.17) is 5.73 Å². The SMILES string of the molecule is CS(=O)(=O)c1ccc(NCCN(C(N)=O)C(=O)CCC2CCCCC2)cc1. The molecule has 0 radical (unpaired) electrons. The number of nitrogens with two attached hydrogens (primary N) is 1. The standard InChI is InChI=1S/C19H29N3O4S/c1-27(25,26)17-10-8-16(9-11-17)21-13-14-22(19(20)24)18(23)12-7-15-5-3-2-4-6-15/h8-11,15,21H,2-7,12-14H2,1H3,(H2,20,24). The van der Waals surface area contributed by atoms with Crippen LogP contribution in [0.5, 0.6) is 0 Å². The molecule has 7 nitrogen and oxygen atoms in total. The molecule has 1 aliphatic rings. The highest BCUT2D eigenvalue weighted by atomic mass is 32.2. The summed E-state index contributed by atoms with van der Waals surface area (Å²) in [6, 6.07) is 5.58. The minimum atomic E-state index is -3.23. The first-order chi connectivity index (χ1) is 12.8. The molecule has 0 bridgehead atoms. The average Bonchev–Trinajstić information content (AvgIpc) is 2.63. The predicted octanol–water partition coefficient (Wildman–Crippen LogP) is 2.77. The Labute approximate surface area is 161 Å². The summed E-state index contributed by atoms with van der Waals surface area (Å²) in [5.41, 5.74) is 6.07. The van der Waals surface area contributed by atoms with Crippen molar-refractivity contribution in [3.8, 4) is 0 Å². The summed E-state index contributed by atoms with van der Waals surface area (Å²) < 4.78 is 22.9. The lowest BCUT2D eigenvalue weighted by Gasteiger charge is -2.23. The number of hydrogen-bond donors (Lipinski definition) is 2. The monoisotopic (exact) mass is 395 g/mol. The maximum Gasteiger partial charge on any atom is 0.321 e. The van der Waals surface area contributed by atoms with E-state index in [-0.39, 0.29) is 17.3 Å². The molecule has 0 spiro atoms. The molecule has 1 saturated carbocycles. The van der Waals surface area contributed by atoms with Gasteiger partial charge in [0.1, 0.15) is 0 Å². The zero-order valence-corrected chi connectivity index (χ0v) is 16.6. The Balaban J connectivity index is 1.81. The Kier molecular flexibility index (Phi) is 7.65. The molecule has 0 saturated heterocycles. The number of amides is 3. The third kappa shape index (κ3) is 6.86. The first-order valence-corrected chi connectivity index (χ1v) is 11.3. The Morgan fingerprint density at radius 2 is 1.78 bits per heavy atom. The van der Waals surface area contributed by atoms with E-state index in [1.165, 1.54) is 31.4 Å². The third-order valence-electron chi connectivity index (χ3n) is 5.01. The third-order valence-corrected chi connectivity index (χ3v) is 6.13. The molecule has 3 N–H and O–H groups in total. The fourth-order valence-corrected chi connectivity index (χ4v) is 4.06. The summed E-state index contributed by atoms with van der Waals surface area (Å²) in [5, 5.41) is 3.07. The van der Waals surface area contributed by atoms with Gasteiger partial charge in [-0.1, -0.05) is 32.1 Å². The van der Waals surface area contributed by atoms with Crippen molar-refractivity contribution in [3.05, 3.63) is 24.3 Å². The quantitative estimate of drug-likeness (QED) is 0.703. The summed E-state index contributed by atoms with van der Waals surface area (Å²) in [7, 11) is -3.23. The second-order valence-corrected chi connectivity index (χ2v) is 9.17. The highest BCUT2D eigenvalue weighted by molar-refractivity contribution is 7.90. The number of hydrogen-bond acceptors (Lipinski definition) is 5. The van der Waals surface area contributed by atoms with E-state index in [1.54, 1.807) is 12.1 Å². The summed E-state index contributed by atoms with van der Waals surface area (Å²) in [6.45, 7) is 0.517. The highest BCUT2D eigenvalue weighted by Gasteiger charge is 2.21. The van der Waals surface area contributed by atoms with E-state index in [2.05, 4.69) is 5.32 Å². The Morgan fingerprint density at radius 1 is 1.15 bits per heavy atom. The van der Waals surface area contributed by atoms with Crippen LogP contribution in [0.3, 0.4) is 0 Å². The second kappa shape index (κ2) is 9.73. The van der Waals surface area contributed by atoms with Crippen LogP contribution in [0.15, 0.2) is 29.2 Å². The summed E-state index contributed by atoms with van der Waals surface area (Å²) in [4.78, 5) is 25.3. The van der Waals surface area contributed by atoms with Crippen molar-refractivity contribution < 1.29 is 18.0 Å². The van der Waals surface area contributed by atoms with Crippen LogP contribution >= 0.6 is 0 Å². The predicted molar refractivity (Wildman–Crippen MR) is 105 cm³/mol. The fraction of sp³-hybridized carbons (Fsp3) is 0.579. The van der Waals surface area contributed by atoms with Crippen LogP contribution in [-0.4, -0.2) is 44.6 Å². The maximum atomic E-state index is 12.4. The average molecular weight is 396 g/mol. The van der Waals surface area contributed by atoms with Crippen LogP contribution in [0.1, 0.15) is 44.9 Å². The van der Waals surface area contributed by atoms with Gasteiger partial charge in [-0.25, -0.2) is 13.2 Å². The van der Waals surface area contributed by atoms with Crippen LogP contribution in [-0.2, 0) is 14.6 Å². The van der Waals surface area contributed by atoms with Gasteiger partial charge in [0.2, 0.25) is 5.91 Å². The smallest absolute Gasteiger partial charge is 0.321 e. The fourth-order valence-electron chi connectivity index (χ4n) is 3.43. The number of rotatable bonds is 8. The molecule has 0 aromatic heterocycles. The van der Waals surface area contributed by atoms with Gasteiger partial charge in [0.25, 0.3) is 0 Å². The van der Waals surface area contributed by atoms with E-state index in [1.807, 2.05) is 0 Å². The Morgan fingerprint density at radius 3 is 2.33 bits per heavy atom. The molecule has 0 aliphatic heterocycles. The van der Waals surface area contributed by atoms with E-state index in [0.717, 1.165) is 30.4 Å². The van der Waals surface area contributed by atoms with Gasteiger partial charge in [0.05, 0.1) is 4.90 Å². The van der Waals surface area contributed by atoms with Gasteiger partial charge in [0, 0.05) is 31.5 Å². The molecule has 8 heteroatoms. The van der Waals surface area contributed by atoms with E-state index in [0.29, 0.717) is 24.6 Å². The number of sulfone groups is 1. The normalized spacial score (nSPS) is 15.3. The van der Waals surface area contributed by atoms with Crippen LogP contribution in [0.2, 0.25) is 0 Å². The summed E-state index contributed by atoms with van der Waals surface area (Å²) in [6.07, 6.45) is 8.35. The molecule has 3 amide bonds. The lowest BCUT2D eigenvalue weighted by molar-refractivity contribution is -0.128. The number of nitrogens with one attached hydrogen (secondary N) is 1. The molecular formula is C19H29N3O4S. The minimum Gasteiger partial charge on any atom is -0.383 e. The van der Waals surface area contributed by atoms with Crippen molar-refractivity contribution in [2.45, 2.75) is 49.8 Å². The number of carbonyl (C=O) groups is 2. The first kappa shape index (κ1) is 21.2. The Hall–Kier alpha value is -2.09. The van der Waals surface area contributed by atoms with E-state index >= 15 is 0 Å². The number of urea groups is 1. The van der Waals surface area contributed by atoms with Crippen molar-refractivity contribution >= 4 is 27.5 Å². The van der Waals surface area contributed by atoms with Crippen molar-refractivity contribution in [2.24, 2.45) is 11.7 Å². The van der Waals surface area contributed by atoms with Crippen LogP contribution in [0.25, 0.3) is 0 Å². The van der Waals surface area contributed by atoms with Gasteiger partial charge >= 0.3 is 6.03 Å². The van der Waals surface area contributed by atoms with Gasteiger partial charge in [0.15, 0.2) is 9.84 Å². The van der Waals surface area contributed by atoms with E-state index in [9.17, 15) is 18.0 Å². The molecule has 2 rings (SSSR count). The zero-order chi connectivity index (χ0) is 19.9. The topological polar surface area (TPSA) is 110 Å². The largest absolute Gasteiger partial charge is 0.383 e. The molecule has 1 aliphatic carbocycles. The highest BCUT2D eigenvalue weighted by Crippen LogP contribution is 2.27. The maximum absolute atomic E-state index is 12.4. The van der Waals surface area contributed by atoms with Crippen molar-refractivity contribution in [1.82, 2.24) is 4.90 Å². The van der Waals surface area contributed by atoms with Gasteiger partial charge in [-0.15, -0.1) is 0 Å².